The zero-order valence-corrected chi connectivity index (χ0v) is 12.1. The molecule has 0 bridgehead atoms. The molecule has 1 saturated carbocycles. The van der Waals surface area contributed by atoms with Crippen LogP contribution in [0.5, 0.6) is 0 Å². The normalized spacial score (nSPS) is 20.3. The van der Waals surface area contributed by atoms with Gasteiger partial charge < -0.3 is 10.6 Å². The van der Waals surface area contributed by atoms with E-state index >= 15 is 0 Å². The fourth-order valence-corrected chi connectivity index (χ4v) is 2.11. The van der Waals surface area contributed by atoms with Crippen molar-refractivity contribution in [3.8, 4) is 0 Å². The summed E-state index contributed by atoms with van der Waals surface area (Å²) in [5.41, 5.74) is 2.29. The Balaban J connectivity index is 1.60. The molecule has 108 valence electrons. The molecule has 0 saturated heterocycles. The third kappa shape index (κ3) is 4.37. The van der Waals surface area contributed by atoms with Gasteiger partial charge in [0, 0.05) is 25.4 Å². The molecule has 0 unspecified atom stereocenters. The predicted molar refractivity (Wildman–Crippen MR) is 77.9 cm³/mol. The van der Waals surface area contributed by atoms with Gasteiger partial charge in [-0.25, -0.2) is 0 Å². The molecule has 2 atom stereocenters. The number of carbonyl (C=O) groups is 2. The van der Waals surface area contributed by atoms with Crippen molar-refractivity contribution in [2.75, 3.05) is 6.54 Å². The van der Waals surface area contributed by atoms with E-state index in [4.69, 9.17) is 0 Å². The lowest BCUT2D eigenvalue weighted by molar-refractivity contribution is -0.123. The molecule has 0 radical (unpaired) electrons. The van der Waals surface area contributed by atoms with Crippen LogP contribution in [-0.4, -0.2) is 18.4 Å². The van der Waals surface area contributed by atoms with Gasteiger partial charge in [-0.15, -0.1) is 0 Å². The van der Waals surface area contributed by atoms with Crippen LogP contribution in [0.15, 0.2) is 24.3 Å². The number of carbonyl (C=O) groups excluding carboxylic acids is 2. The van der Waals surface area contributed by atoms with Crippen molar-refractivity contribution >= 4 is 11.8 Å². The minimum Gasteiger partial charge on any atom is -0.355 e. The van der Waals surface area contributed by atoms with Crippen molar-refractivity contribution in [3.05, 3.63) is 35.4 Å². The van der Waals surface area contributed by atoms with Gasteiger partial charge >= 0.3 is 0 Å². The third-order valence-corrected chi connectivity index (χ3v) is 3.71. The van der Waals surface area contributed by atoms with Gasteiger partial charge in [-0.2, -0.15) is 0 Å². The number of hydrogen-bond acceptors (Lipinski definition) is 2. The number of benzene rings is 1. The van der Waals surface area contributed by atoms with Gasteiger partial charge in [0.25, 0.3) is 0 Å². The smallest absolute Gasteiger partial charge is 0.223 e. The number of rotatable bonds is 6. The lowest BCUT2D eigenvalue weighted by Crippen LogP contribution is -2.31. The Hall–Kier alpha value is -1.84. The molecule has 1 aromatic carbocycles. The van der Waals surface area contributed by atoms with Gasteiger partial charge in [-0.05, 0) is 24.8 Å². The fraction of sp³-hybridized carbons (Fsp3) is 0.500. The number of nitrogens with one attached hydrogen (secondary N) is 2. The first-order valence-corrected chi connectivity index (χ1v) is 7.16. The molecule has 4 nitrogen and oxygen atoms in total. The molecule has 1 fully saturated rings. The van der Waals surface area contributed by atoms with Gasteiger partial charge in [0.05, 0.1) is 0 Å². The summed E-state index contributed by atoms with van der Waals surface area (Å²) in [4.78, 5) is 23.2. The zero-order chi connectivity index (χ0) is 14.5. The second kappa shape index (κ2) is 6.55. The Morgan fingerprint density at radius 2 is 1.85 bits per heavy atom. The van der Waals surface area contributed by atoms with Gasteiger partial charge in [0.1, 0.15) is 0 Å². The van der Waals surface area contributed by atoms with E-state index in [1.807, 2.05) is 31.2 Å². The zero-order valence-electron chi connectivity index (χ0n) is 12.1. The second-order valence-corrected chi connectivity index (χ2v) is 5.62. The van der Waals surface area contributed by atoms with E-state index < -0.39 is 0 Å². The number of amides is 2. The van der Waals surface area contributed by atoms with Crippen molar-refractivity contribution in [2.24, 2.45) is 11.8 Å². The molecule has 0 aliphatic heterocycles. The minimum absolute atomic E-state index is 0.0327. The molecule has 2 N–H and O–H groups in total. The summed E-state index contributed by atoms with van der Waals surface area (Å²) in [7, 11) is 0. The van der Waals surface area contributed by atoms with E-state index in [0.717, 1.165) is 12.0 Å². The average molecular weight is 274 g/mol. The van der Waals surface area contributed by atoms with Crippen LogP contribution < -0.4 is 10.6 Å². The van der Waals surface area contributed by atoms with Gasteiger partial charge in [-0.3, -0.25) is 9.59 Å². The summed E-state index contributed by atoms with van der Waals surface area (Å²) in [5.74, 6) is 0.731. The van der Waals surface area contributed by atoms with E-state index in [0.29, 0.717) is 25.4 Å². The largest absolute Gasteiger partial charge is 0.355 e. The van der Waals surface area contributed by atoms with Crippen molar-refractivity contribution in [3.63, 3.8) is 0 Å². The highest BCUT2D eigenvalue weighted by molar-refractivity contribution is 5.82. The van der Waals surface area contributed by atoms with Crippen LogP contribution in [0.4, 0.5) is 0 Å². The molecule has 0 aromatic heterocycles. The molecule has 20 heavy (non-hydrogen) atoms. The van der Waals surface area contributed by atoms with Crippen molar-refractivity contribution in [2.45, 2.75) is 33.2 Å². The van der Waals surface area contributed by atoms with Gasteiger partial charge in [-0.1, -0.05) is 36.8 Å². The van der Waals surface area contributed by atoms with Crippen molar-refractivity contribution in [1.29, 1.82) is 0 Å². The predicted octanol–water partition coefficient (Wildman–Crippen LogP) is 1.77. The van der Waals surface area contributed by atoms with Crippen molar-refractivity contribution in [1.82, 2.24) is 10.6 Å². The first-order valence-electron chi connectivity index (χ1n) is 7.16. The monoisotopic (exact) mass is 274 g/mol. The molecule has 4 heteroatoms. The first-order chi connectivity index (χ1) is 9.56. The Bertz CT molecular complexity index is 482. The van der Waals surface area contributed by atoms with E-state index in [1.54, 1.807) is 0 Å². The Morgan fingerprint density at radius 1 is 1.20 bits per heavy atom. The third-order valence-electron chi connectivity index (χ3n) is 3.71. The molecule has 2 rings (SSSR count). The summed E-state index contributed by atoms with van der Waals surface area (Å²) < 4.78 is 0. The maximum atomic E-state index is 11.7. The van der Waals surface area contributed by atoms with Crippen LogP contribution >= 0.6 is 0 Å². The Morgan fingerprint density at radius 3 is 2.45 bits per heavy atom. The highest BCUT2D eigenvalue weighted by Crippen LogP contribution is 2.37. The highest BCUT2D eigenvalue weighted by Gasteiger charge is 2.38. The standard InChI is InChI=1S/C16H22N2O2/c1-11-3-5-13(6-4-11)10-18-15(19)7-8-17-16(20)14-9-12(14)2/h3-6,12,14H,7-10H2,1-2H3,(H,17,20)(H,18,19)/t12-,14+/m0/s1. The van der Waals surface area contributed by atoms with E-state index in [1.165, 1.54) is 5.56 Å². The maximum Gasteiger partial charge on any atom is 0.223 e. The van der Waals surface area contributed by atoms with E-state index in [-0.39, 0.29) is 17.7 Å². The molecule has 1 aliphatic carbocycles. The SMILES string of the molecule is Cc1ccc(CNC(=O)CCNC(=O)[C@@H]2C[C@@H]2C)cc1. The summed E-state index contributed by atoms with van der Waals surface area (Å²) in [6.07, 6.45) is 1.31. The molecule has 2 amide bonds. The lowest BCUT2D eigenvalue weighted by atomic mass is 10.1. The molecule has 1 aliphatic rings. The summed E-state index contributed by atoms with van der Waals surface area (Å²) in [6.45, 7) is 5.05. The van der Waals surface area contributed by atoms with Crippen molar-refractivity contribution < 1.29 is 9.59 Å². The molecule has 0 heterocycles. The van der Waals surface area contributed by atoms with E-state index in [2.05, 4.69) is 17.6 Å². The molecule has 0 spiro atoms. The number of aryl methyl sites for hydroxylation is 1. The van der Waals surface area contributed by atoms with Crippen LogP contribution in [0.25, 0.3) is 0 Å². The second-order valence-electron chi connectivity index (χ2n) is 5.62. The maximum absolute atomic E-state index is 11.7. The average Bonchev–Trinajstić information content (AvgIpc) is 3.15. The summed E-state index contributed by atoms with van der Waals surface area (Å²) >= 11 is 0. The van der Waals surface area contributed by atoms with Crippen LogP contribution in [-0.2, 0) is 16.1 Å². The van der Waals surface area contributed by atoms with Crippen LogP contribution in [0.3, 0.4) is 0 Å². The quantitative estimate of drug-likeness (QED) is 0.830. The lowest BCUT2D eigenvalue weighted by Gasteiger charge is -2.07. The minimum atomic E-state index is -0.0327. The highest BCUT2D eigenvalue weighted by atomic mass is 16.2. The van der Waals surface area contributed by atoms with Crippen LogP contribution in [0.2, 0.25) is 0 Å². The van der Waals surface area contributed by atoms with E-state index in [9.17, 15) is 9.59 Å². The Labute approximate surface area is 119 Å². The number of hydrogen-bond donors (Lipinski definition) is 2. The van der Waals surface area contributed by atoms with Crippen LogP contribution in [0, 0.1) is 18.8 Å². The Kier molecular flexibility index (Phi) is 4.77. The summed E-state index contributed by atoms with van der Waals surface area (Å²) in [5, 5.41) is 5.67. The molecular weight excluding hydrogens is 252 g/mol. The van der Waals surface area contributed by atoms with Gasteiger partial charge in [0.15, 0.2) is 0 Å². The first kappa shape index (κ1) is 14.6. The molecular formula is C16H22N2O2. The van der Waals surface area contributed by atoms with Gasteiger partial charge in [0.2, 0.25) is 11.8 Å². The topological polar surface area (TPSA) is 58.2 Å². The van der Waals surface area contributed by atoms with Crippen LogP contribution in [0.1, 0.15) is 30.9 Å². The molecule has 1 aromatic rings. The fourth-order valence-electron chi connectivity index (χ4n) is 2.11. The summed E-state index contributed by atoms with van der Waals surface area (Å²) in [6, 6.07) is 8.06.